The van der Waals surface area contributed by atoms with Gasteiger partial charge in [0.05, 0.1) is 0 Å². The molecule has 1 rings (SSSR count). The zero-order valence-electron chi connectivity index (χ0n) is 8.04. The molecular weight excluding hydrogens is 170 g/mol. The number of nitrogens with one attached hydrogen (secondary N) is 1. The van der Waals surface area contributed by atoms with Crippen molar-refractivity contribution in [1.29, 1.82) is 0 Å². The fraction of sp³-hybridized carbons (Fsp3) is 0.750. The van der Waals surface area contributed by atoms with E-state index in [4.69, 9.17) is 0 Å². The maximum absolute atomic E-state index is 11.3. The summed E-state index contributed by atoms with van der Waals surface area (Å²) in [5, 5.41) is 2.67. The van der Waals surface area contributed by atoms with Gasteiger partial charge >= 0.3 is 6.03 Å². The first-order valence-electron chi connectivity index (χ1n) is 4.42. The van der Waals surface area contributed by atoms with Gasteiger partial charge in [-0.15, -0.1) is 0 Å². The minimum atomic E-state index is -0.149. The molecule has 1 fully saturated rings. The van der Waals surface area contributed by atoms with E-state index in [1.165, 1.54) is 4.90 Å². The molecular formula is C8H15N3O2. The summed E-state index contributed by atoms with van der Waals surface area (Å²) in [7, 11) is 1.75. The third kappa shape index (κ3) is 2.34. The van der Waals surface area contributed by atoms with E-state index in [9.17, 15) is 9.59 Å². The average Bonchev–Trinajstić information content (AvgIpc) is 2.10. The van der Waals surface area contributed by atoms with E-state index in [1.807, 2.05) is 6.92 Å². The number of likely N-dealkylation sites (N-methyl/N-ethyl adjacent to an activating group) is 1. The van der Waals surface area contributed by atoms with Crippen LogP contribution in [0.5, 0.6) is 0 Å². The summed E-state index contributed by atoms with van der Waals surface area (Å²) in [6.07, 6.45) is 0. The van der Waals surface area contributed by atoms with Gasteiger partial charge in [0.15, 0.2) is 0 Å². The highest BCUT2D eigenvalue weighted by molar-refractivity contribution is 5.85. The Hall–Kier alpha value is -1.26. The third-order valence-electron chi connectivity index (χ3n) is 2.07. The lowest BCUT2D eigenvalue weighted by Gasteiger charge is -2.31. The highest BCUT2D eigenvalue weighted by atomic mass is 16.2. The van der Waals surface area contributed by atoms with E-state index in [-0.39, 0.29) is 18.5 Å². The van der Waals surface area contributed by atoms with E-state index < -0.39 is 0 Å². The van der Waals surface area contributed by atoms with Gasteiger partial charge in [0.2, 0.25) is 5.91 Å². The second-order valence-electron chi connectivity index (χ2n) is 3.07. The highest BCUT2D eigenvalue weighted by Crippen LogP contribution is 2.00. The summed E-state index contributed by atoms with van der Waals surface area (Å²) in [6, 6.07) is -0.149. The standard InChI is InChI=1S/C8H15N3O2/c1-3-9-8(13)11-5-4-10(2)7(12)6-11/h3-6H2,1-2H3,(H,9,13). The van der Waals surface area contributed by atoms with E-state index in [0.717, 1.165) is 0 Å². The predicted octanol–water partition coefficient (Wildman–Crippen LogP) is -0.510. The summed E-state index contributed by atoms with van der Waals surface area (Å²) in [6.45, 7) is 3.89. The largest absolute Gasteiger partial charge is 0.342 e. The minimum absolute atomic E-state index is 0.00231. The first-order valence-corrected chi connectivity index (χ1v) is 4.42. The number of urea groups is 1. The van der Waals surface area contributed by atoms with Gasteiger partial charge in [0.1, 0.15) is 6.54 Å². The maximum atomic E-state index is 11.3. The fourth-order valence-electron chi connectivity index (χ4n) is 1.19. The number of nitrogens with zero attached hydrogens (tertiary/aromatic N) is 2. The van der Waals surface area contributed by atoms with Gasteiger partial charge < -0.3 is 15.1 Å². The molecule has 0 aromatic carbocycles. The number of rotatable bonds is 1. The van der Waals surface area contributed by atoms with E-state index >= 15 is 0 Å². The van der Waals surface area contributed by atoms with Crippen molar-refractivity contribution in [3.8, 4) is 0 Å². The molecule has 0 radical (unpaired) electrons. The Morgan fingerprint density at radius 2 is 2.23 bits per heavy atom. The predicted molar refractivity (Wildman–Crippen MR) is 48.3 cm³/mol. The number of amides is 3. The second-order valence-corrected chi connectivity index (χ2v) is 3.07. The Balaban J connectivity index is 2.45. The van der Waals surface area contributed by atoms with E-state index in [0.29, 0.717) is 19.6 Å². The molecule has 0 unspecified atom stereocenters. The lowest BCUT2D eigenvalue weighted by Crippen LogP contribution is -2.53. The quantitative estimate of drug-likeness (QED) is 0.598. The van der Waals surface area contributed by atoms with Crippen molar-refractivity contribution in [1.82, 2.24) is 15.1 Å². The Kier molecular flexibility index (Phi) is 3.11. The molecule has 0 saturated carbocycles. The minimum Gasteiger partial charge on any atom is -0.342 e. The monoisotopic (exact) mass is 185 g/mol. The van der Waals surface area contributed by atoms with Gasteiger partial charge in [0.25, 0.3) is 0 Å². The van der Waals surface area contributed by atoms with Gasteiger partial charge in [0, 0.05) is 26.7 Å². The molecule has 5 nitrogen and oxygen atoms in total. The van der Waals surface area contributed by atoms with Crippen molar-refractivity contribution >= 4 is 11.9 Å². The van der Waals surface area contributed by atoms with Crippen LogP contribution in [0.4, 0.5) is 4.79 Å². The zero-order chi connectivity index (χ0) is 9.84. The molecule has 5 heteroatoms. The van der Waals surface area contributed by atoms with Gasteiger partial charge in [-0.25, -0.2) is 4.79 Å². The van der Waals surface area contributed by atoms with Crippen LogP contribution in [0.3, 0.4) is 0 Å². The molecule has 1 heterocycles. The molecule has 0 bridgehead atoms. The molecule has 1 N–H and O–H groups in total. The molecule has 74 valence electrons. The van der Waals surface area contributed by atoms with E-state index in [1.54, 1.807) is 11.9 Å². The summed E-state index contributed by atoms with van der Waals surface area (Å²) >= 11 is 0. The van der Waals surface area contributed by atoms with Crippen LogP contribution in [-0.2, 0) is 4.79 Å². The van der Waals surface area contributed by atoms with Gasteiger partial charge in [-0.05, 0) is 6.92 Å². The second kappa shape index (κ2) is 4.11. The molecule has 3 amide bonds. The molecule has 1 saturated heterocycles. The lowest BCUT2D eigenvalue weighted by molar-refractivity contribution is -0.133. The zero-order valence-corrected chi connectivity index (χ0v) is 8.04. The van der Waals surface area contributed by atoms with Crippen LogP contribution < -0.4 is 5.32 Å². The number of hydrogen-bond acceptors (Lipinski definition) is 2. The van der Waals surface area contributed by atoms with Crippen LogP contribution in [0.1, 0.15) is 6.92 Å². The summed E-state index contributed by atoms with van der Waals surface area (Å²) in [4.78, 5) is 25.7. The van der Waals surface area contributed by atoms with Crippen molar-refractivity contribution < 1.29 is 9.59 Å². The van der Waals surface area contributed by atoms with Crippen molar-refractivity contribution in [2.24, 2.45) is 0 Å². The molecule has 1 aliphatic rings. The molecule has 1 aliphatic heterocycles. The normalized spacial score (nSPS) is 17.5. The van der Waals surface area contributed by atoms with Crippen LogP contribution in [0.2, 0.25) is 0 Å². The molecule has 0 atom stereocenters. The molecule has 13 heavy (non-hydrogen) atoms. The van der Waals surface area contributed by atoms with E-state index in [2.05, 4.69) is 5.32 Å². The summed E-state index contributed by atoms with van der Waals surface area (Å²) in [5.41, 5.74) is 0. The van der Waals surface area contributed by atoms with Gasteiger partial charge in [-0.3, -0.25) is 4.79 Å². The van der Waals surface area contributed by atoms with Crippen molar-refractivity contribution in [3.63, 3.8) is 0 Å². The average molecular weight is 185 g/mol. The third-order valence-corrected chi connectivity index (χ3v) is 2.07. The molecule has 0 aromatic rings. The highest BCUT2D eigenvalue weighted by Gasteiger charge is 2.23. The number of carbonyl (C=O) groups is 2. The number of hydrogen-bond donors (Lipinski definition) is 1. The van der Waals surface area contributed by atoms with Crippen molar-refractivity contribution in [2.45, 2.75) is 6.92 Å². The van der Waals surface area contributed by atoms with Crippen LogP contribution in [-0.4, -0.2) is 55.0 Å². The molecule has 0 aliphatic carbocycles. The number of carbonyl (C=O) groups excluding carboxylic acids is 2. The van der Waals surface area contributed by atoms with Crippen LogP contribution in [0.15, 0.2) is 0 Å². The topological polar surface area (TPSA) is 52.7 Å². The summed E-state index contributed by atoms with van der Waals surface area (Å²) < 4.78 is 0. The maximum Gasteiger partial charge on any atom is 0.317 e. The summed E-state index contributed by atoms with van der Waals surface area (Å²) in [5.74, 6) is -0.00231. The lowest BCUT2D eigenvalue weighted by atomic mass is 10.3. The smallest absolute Gasteiger partial charge is 0.317 e. The van der Waals surface area contributed by atoms with Crippen LogP contribution >= 0.6 is 0 Å². The number of piperazine rings is 1. The van der Waals surface area contributed by atoms with Crippen LogP contribution in [0.25, 0.3) is 0 Å². The Morgan fingerprint density at radius 1 is 1.54 bits per heavy atom. The van der Waals surface area contributed by atoms with Crippen LogP contribution in [0, 0.1) is 0 Å². The molecule has 0 aromatic heterocycles. The Morgan fingerprint density at radius 3 is 2.77 bits per heavy atom. The van der Waals surface area contributed by atoms with Crippen molar-refractivity contribution in [2.75, 3.05) is 33.2 Å². The first-order chi connectivity index (χ1) is 6.15. The van der Waals surface area contributed by atoms with Crippen molar-refractivity contribution in [3.05, 3.63) is 0 Å². The Bertz CT molecular complexity index is 217. The molecule has 0 spiro atoms. The Labute approximate surface area is 77.7 Å². The fourth-order valence-corrected chi connectivity index (χ4v) is 1.19. The SMILES string of the molecule is CCNC(=O)N1CCN(C)C(=O)C1. The van der Waals surface area contributed by atoms with Gasteiger partial charge in [-0.1, -0.05) is 0 Å². The first kappa shape index (κ1) is 9.83. The van der Waals surface area contributed by atoms with Gasteiger partial charge in [-0.2, -0.15) is 0 Å².